The number of hydrogen-bond donors (Lipinski definition) is 0. The van der Waals surface area contributed by atoms with Gasteiger partial charge in [0.25, 0.3) is 0 Å². The van der Waals surface area contributed by atoms with Crippen LogP contribution in [0.15, 0.2) is 42.6 Å². The number of pyridine rings is 1. The minimum absolute atomic E-state index is 0.342. The summed E-state index contributed by atoms with van der Waals surface area (Å²) in [4.78, 5) is 6.53. The maximum Gasteiger partial charge on any atom is 0.140 e. The normalized spacial score (nSPS) is 17.5. The Morgan fingerprint density at radius 2 is 2.24 bits per heavy atom. The second kappa shape index (κ2) is 5.84. The van der Waals surface area contributed by atoms with Crippen LogP contribution in [0.2, 0.25) is 0 Å². The summed E-state index contributed by atoms with van der Waals surface area (Å²) in [5.41, 5.74) is 2.78. The van der Waals surface area contributed by atoms with Crippen molar-refractivity contribution in [1.82, 2.24) is 4.98 Å². The second-order valence-corrected chi connectivity index (χ2v) is 5.14. The number of benzene rings is 1. The molecule has 0 radical (unpaired) electrons. The first-order valence-electron chi connectivity index (χ1n) is 7.08. The van der Waals surface area contributed by atoms with Gasteiger partial charge in [-0.15, -0.1) is 0 Å². The monoisotopic (exact) mass is 279 g/mol. The molecule has 0 spiro atoms. The van der Waals surface area contributed by atoms with Crippen LogP contribution in [-0.4, -0.2) is 18.6 Å². The van der Waals surface area contributed by atoms with Crippen LogP contribution in [0.4, 0.5) is 5.69 Å². The molecule has 21 heavy (non-hydrogen) atoms. The minimum Gasteiger partial charge on any atom is -0.497 e. The lowest BCUT2D eigenvalue weighted by Crippen LogP contribution is -2.22. The van der Waals surface area contributed by atoms with Crippen molar-refractivity contribution in [3.05, 3.63) is 53.9 Å². The molecule has 1 aromatic carbocycles. The van der Waals surface area contributed by atoms with Crippen molar-refractivity contribution >= 4 is 5.69 Å². The molecule has 0 N–H and O–H groups in total. The van der Waals surface area contributed by atoms with E-state index in [1.54, 1.807) is 19.4 Å². The average molecular weight is 279 g/mol. The molecule has 1 aliphatic heterocycles. The van der Waals surface area contributed by atoms with Gasteiger partial charge in [0.05, 0.1) is 25.0 Å². The van der Waals surface area contributed by atoms with Crippen molar-refractivity contribution in [2.75, 3.05) is 18.6 Å². The molecule has 0 saturated carbocycles. The minimum atomic E-state index is 0.342. The second-order valence-electron chi connectivity index (χ2n) is 5.14. The van der Waals surface area contributed by atoms with Crippen LogP contribution in [0.5, 0.6) is 5.75 Å². The van der Waals surface area contributed by atoms with Crippen LogP contribution in [0, 0.1) is 11.3 Å². The molecule has 4 heteroatoms. The van der Waals surface area contributed by atoms with Crippen LogP contribution in [0.1, 0.15) is 30.1 Å². The molecule has 1 aliphatic rings. The first kappa shape index (κ1) is 13.4. The van der Waals surface area contributed by atoms with Gasteiger partial charge in [-0.25, -0.2) is 4.98 Å². The maximum atomic E-state index is 8.84. The van der Waals surface area contributed by atoms with Crippen molar-refractivity contribution in [2.24, 2.45) is 0 Å². The maximum absolute atomic E-state index is 8.84. The van der Waals surface area contributed by atoms with E-state index in [4.69, 9.17) is 10.00 Å². The van der Waals surface area contributed by atoms with Crippen LogP contribution in [0.25, 0.3) is 0 Å². The van der Waals surface area contributed by atoms with E-state index in [2.05, 4.69) is 28.1 Å². The molecule has 2 heterocycles. The van der Waals surface area contributed by atoms with Crippen LogP contribution in [0.3, 0.4) is 0 Å². The summed E-state index contributed by atoms with van der Waals surface area (Å²) < 4.78 is 5.32. The van der Waals surface area contributed by atoms with E-state index in [1.165, 1.54) is 5.56 Å². The van der Waals surface area contributed by atoms with Gasteiger partial charge in [0.15, 0.2) is 0 Å². The Hall–Kier alpha value is -2.54. The first-order valence-corrected chi connectivity index (χ1v) is 7.08. The summed E-state index contributed by atoms with van der Waals surface area (Å²) in [6.07, 6.45) is 4.06. The smallest absolute Gasteiger partial charge is 0.140 e. The third kappa shape index (κ3) is 2.68. The lowest BCUT2D eigenvalue weighted by Gasteiger charge is -2.27. The number of nitriles is 1. The molecular weight excluding hydrogens is 262 g/mol. The van der Waals surface area contributed by atoms with Gasteiger partial charge in [0, 0.05) is 6.54 Å². The molecule has 1 saturated heterocycles. The van der Waals surface area contributed by atoms with Gasteiger partial charge >= 0.3 is 0 Å². The standard InChI is InChI=1S/C17H17N3O/c1-21-16-5-2-4-13(10-16)17-6-3-9-20(17)15-8-7-14(11-18)19-12-15/h2,4-5,7-8,10,12,17H,3,6,9H2,1H3/t17-/m1/s1. The predicted molar refractivity (Wildman–Crippen MR) is 81.3 cm³/mol. The summed E-state index contributed by atoms with van der Waals surface area (Å²) in [6.45, 7) is 1.01. The fourth-order valence-corrected chi connectivity index (χ4v) is 2.89. The number of nitrogens with zero attached hydrogens (tertiary/aromatic N) is 3. The molecule has 0 amide bonds. The number of ether oxygens (including phenoxy) is 1. The molecule has 3 rings (SSSR count). The van der Waals surface area contributed by atoms with Crippen molar-refractivity contribution < 1.29 is 4.74 Å². The van der Waals surface area contributed by atoms with Crippen molar-refractivity contribution in [3.8, 4) is 11.8 Å². The van der Waals surface area contributed by atoms with E-state index in [9.17, 15) is 0 Å². The van der Waals surface area contributed by atoms with E-state index in [-0.39, 0.29) is 0 Å². The van der Waals surface area contributed by atoms with Gasteiger partial charge in [-0.05, 0) is 42.7 Å². The van der Waals surface area contributed by atoms with Gasteiger partial charge in [-0.3, -0.25) is 0 Å². The van der Waals surface area contributed by atoms with Gasteiger partial charge in [0.2, 0.25) is 0 Å². The molecule has 1 aromatic heterocycles. The van der Waals surface area contributed by atoms with E-state index < -0.39 is 0 Å². The van der Waals surface area contributed by atoms with E-state index in [0.717, 1.165) is 30.8 Å². The number of hydrogen-bond acceptors (Lipinski definition) is 4. The Labute approximate surface area is 124 Å². The molecule has 0 bridgehead atoms. The van der Waals surface area contributed by atoms with E-state index in [0.29, 0.717) is 11.7 Å². The van der Waals surface area contributed by atoms with Crippen LogP contribution in [-0.2, 0) is 0 Å². The summed E-state index contributed by atoms with van der Waals surface area (Å²) in [5.74, 6) is 0.886. The topological polar surface area (TPSA) is 49.1 Å². The highest BCUT2D eigenvalue weighted by molar-refractivity contribution is 5.50. The van der Waals surface area contributed by atoms with Gasteiger partial charge < -0.3 is 9.64 Å². The van der Waals surface area contributed by atoms with Gasteiger partial charge in [-0.1, -0.05) is 12.1 Å². The largest absolute Gasteiger partial charge is 0.497 e. The Bertz CT molecular complexity index is 660. The van der Waals surface area contributed by atoms with Gasteiger partial charge in [0.1, 0.15) is 17.5 Å². The number of anilines is 1. The van der Waals surface area contributed by atoms with Crippen molar-refractivity contribution in [3.63, 3.8) is 0 Å². The Morgan fingerprint density at radius 3 is 2.95 bits per heavy atom. The number of aromatic nitrogens is 1. The Balaban J connectivity index is 1.89. The highest BCUT2D eigenvalue weighted by Crippen LogP contribution is 2.36. The summed E-state index contributed by atoms with van der Waals surface area (Å²) in [5, 5.41) is 8.84. The molecule has 0 unspecified atom stereocenters. The highest BCUT2D eigenvalue weighted by Gasteiger charge is 2.26. The predicted octanol–water partition coefficient (Wildman–Crippen LogP) is 3.30. The zero-order valence-corrected chi connectivity index (χ0v) is 12.0. The Kier molecular flexibility index (Phi) is 3.74. The lowest BCUT2D eigenvalue weighted by atomic mass is 10.0. The lowest BCUT2D eigenvalue weighted by molar-refractivity contribution is 0.414. The third-order valence-electron chi connectivity index (χ3n) is 3.93. The highest BCUT2D eigenvalue weighted by atomic mass is 16.5. The zero-order chi connectivity index (χ0) is 14.7. The van der Waals surface area contributed by atoms with E-state index >= 15 is 0 Å². The molecule has 0 aliphatic carbocycles. The molecule has 106 valence electrons. The third-order valence-corrected chi connectivity index (χ3v) is 3.93. The molecule has 4 nitrogen and oxygen atoms in total. The van der Waals surface area contributed by atoms with Gasteiger partial charge in [-0.2, -0.15) is 5.26 Å². The molecule has 1 fully saturated rings. The SMILES string of the molecule is COc1cccc([C@H]2CCCN2c2ccc(C#N)nc2)c1. The summed E-state index contributed by atoms with van der Waals surface area (Å²) in [6, 6.07) is 14.4. The van der Waals surface area contributed by atoms with Crippen LogP contribution < -0.4 is 9.64 Å². The van der Waals surface area contributed by atoms with Crippen molar-refractivity contribution in [2.45, 2.75) is 18.9 Å². The van der Waals surface area contributed by atoms with E-state index in [1.807, 2.05) is 18.2 Å². The molecule has 2 aromatic rings. The quantitative estimate of drug-likeness (QED) is 0.865. The van der Waals surface area contributed by atoms with Crippen LogP contribution >= 0.6 is 0 Å². The average Bonchev–Trinajstić information content (AvgIpc) is 3.04. The zero-order valence-electron chi connectivity index (χ0n) is 12.0. The number of rotatable bonds is 3. The summed E-state index contributed by atoms with van der Waals surface area (Å²) >= 11 is 0. The number of methoxy groups -OCH3 is 1. The van der Waals surface area contributed by atoms with Crippen molar-refractivity contribution in [1.29, 1.82) is 5.26 Å². The first-order chi connectivity index (χ1) is 10.3. The fourth-order valence-electron chi connectivity index (χ4n) is 2.89. The summed E-state index contributed by atoms with van der Waals surface area (Å²) in [7, 11) is 1.69. The molecular formula is C17H17N3O. The fraction of sp³-hybridized carbons (Fsp3) is 0.294. The Morgan fingerprint density at radius 1 is 1.33 bits per heavy atom. The molecule has 1 atom stereocenters.